The number of hydrogen-bond donors (Lipinski definition) is 2. The molecule has 2 N–H and O–H groups in total. The van der Waals surface area contributed by atoms with E-state index < -0.39 is 11.4 Å². The van der Waals surface area contributed by atoms with Crippen LogP contribution in [0.15, 0.2) is 59.9 Å². The quantitative estimate of drug-likeness (QED) is 0.0935. The van der Waals surface area contributed by atoms with E-state index in [1.54, 1.807) is 16.8 Å². The van der Waals surface area contributed by atoms with Crippen LogP contribution in [0.2, 0.25) is 10.0 Å². The van der Waals surface area contributed by atoms with Crippen molar-refractivity contribution in [2.45, 2.75) is 50.2 Å². The number of unbranched alkanes of at least 4 members (excludes halogenated alkanes) is 3. The van der Waals surface area contributed by atoms with Crippen LogP contribution in [0.1, 0.15) is 77.7 Å². The Balaban J connectivity index is 0.931. The Morgan fingerprint density at radius 1 is 1.08 bits per heavy atom. The third-order valence-corrected chi connectivity index (χ3v) is 10.1. The first-order chi connectivity index (χ1) is 24.6. The Hall–Kier alpha value is -4.83. The Kier molecular flexibility index (Phi) is 9.79. The molecule has 3 aromatic carbocycles. The zero-order chi connectivity index (χ0) is 35.7. The fourth-order valence-corrected chi connectivity index (χ4v) is 7.07. The normalized spacial score (nSPS) is 17.7. The monoisotopic (exact) mass is 728 g/mol. The van der Waals surface area contributed by atoms with Crippen LogP contribution >= 0.6 is 23.2 Å². The largest absolute Gasteiger partial charge is 0.494 e. The molecule has 3 atom stereocenters. The van der Waals surface area contributed by atoms with Crippen molar-refractivity contribution in [2.75, 3.05) is 31.6 Å². The molecule has 0 saturated carbocycles. The number of ketones is 1. The number of aliphatic imine (C=N–C) groups is 1. The van der Waals surface area contributed by atoms with Gasteiger partial charge in [-0.1, -0.05) is 41.8 Å². The van der Waals surface area contributed by atoms with E-state index in [1.165, 1.54) is 18.5 Å². The van der Waals surface area contributed by atoms with E-state index in [9.17, 15) is 9.18 Å². The minimum absolute atomic E-state index is 0.0394. The van der Waals surface area contributed by atoms with Crippen molar-refractivity contribution in [3.63, 3.8) is 0 Å². The summed E-state index contributed by atoms with van der Waals surface area (Å²) in [6, 6.07) is 13.6. The summed E-state index contributed by atoms with van der Waals surface area (Å²) in [5, 5.41) is 8.61. The number of aromatic amines is 1. The maximum atomic E-state index is 14.6. The van der Waals surface area contributed by atoms with Crippen molar-refractivity contribution in [2.24, 2.45) is 12.0 Å². The van der Waals surface area contributed by atoms with Crippen molar-refractivity contribution in [1.29, 1.82) is 0 Å². The SMILES string of the molecule is [C-]#[N+]C[C@](C)(OCCCCCCOc1ccc([C@H]2Nc3cc(F)cc4c3C(=NCC4=O)[C@@H]2c2ncnn2C)cc1)c1nc2cc(Cl)c(Cl)cc2[nH]1. The summed E-state index contributed by atoms with van der Waals surface area (Å²) in [5.41, 5.74) is 3.66. The molecule has 51 heavy (non-hydrogen) atoms. The molecule has 7 rings (SSSR count). The first-order valence-electron chi connectivity index (χ1n) is 16.7. The maximum absolute atomic E-state index is 14.6. The fourth-order valence-electron chi connectivity index (χ4n) is 6.75. The van der Waals surface area contributed by atoms with E-state index in [4.69, 9.17) is 39.2 Å². The van der Waals surface area contributed by atoms with Crippen LogP contribution in [0.4, 0.5) is 10.1 Å². The summed E-state index contributed by atoms with van der Waals surface area (Å²) in [4.78, 5) is 33.3. The summed E-state index contributed by atoms with van der Waals surface area (Å²) in [6.45, 7) is 10.5. The van der Waals surface area contributed by atoms with Crippen LogP contribution in [0.3, 0.4) is 0 Å². The van der Waals surface area contributed by atoms with E-state index in [0.29, 0.717) is 63.0 Å². The number of carbonyl (C=O) groups excluding carboxylic acids is 1. The Morgan fingerprint density at radius 2 is 1.84 bits per heavy atom. The molecule has 0 spiro atoms. The summed E-state index contributed by atoms with van der Waals surface area (Å²) in [7, 11) is 1.82. The molecule has 262 valence electrons. The van der Waals surface area contributed by atoms with Gasteiger partial charge in [-0.25, -0.2) is 20.9 Å². The molecule has 4 heterocycles. The number of aryl methyl sites for hydroxylation is 1. The zero-order valence-corrected chi connectivity index (χ0v) is 29.6. The van der Waals surface area contributed by atoms with Crippen LogP contribution < -0.4 is 10.1 Å². The van der Waals surface area contributed by atoms with Gasteiger partial charge in [-0.2, -0.15) is 5.10 Å². The number of ether oxygens (including phenoxy) is 2. The molecule has 0 unspecified atom stereocenters. The van der Waals surface area contributed by atoms with E-state index >= 15 is 0 Å². The molecule has 0 amide bonds. The van der Waals surface area contributed by atoms with Crippen molar-refractivity contribution >= 4 is 51.4 Å². The number of imidazole rings is 1. The number of carbonyl (C=O) groups is 1. The molecule has 5 aromatic rings. The third-order valence-electron chi connectivity index (χ3n) is 9.39. The van der Waals surface area contributed by atoms with E-state index in [0.717, 1.165) is 42.5 Å². The van der Waals surface area contributed by atoms with Gasteiger partial charge in [0.05, 0.1) is 45.4 Å². The van der Waals surface area contributed by atoms with Gasteiger partial charge in [0.25, 0.3) is 0 Å². The molecular formula is C37H35Cl2FN8O3. The van der Waals surface area contributed by atoms with Crippen LogP contribution in [0.5, 0.6) is 5.75 Å². The highest BCUT2D eigenvalue weighted by Crippen LogP contribution is 2.45. The molecule has 2 aromatic heterocycles. The number of aromatic nitrogens is 5. The van der Waals surface area contributed by atoms with E-state index in [2.05, 4.69) is 35.2 Å². The second-order valence-corrected chi connectivity index (χ2v) is 13.8. The highest BCUT2D eigenvalue weighted by molar-refractivity contribution is 6.42. The fraction of sp³-hybridized carbons (Fsp3) is 0.351. The number of rotatable bonds is 13. The van der Waals surface area contributed by atoms with E-state index in [-0.39, 0.29) is 30.8 Å². The summed E-state index contributed by atoms with van der Waals surface area (Å²) < 4.78 is 28.6. The number of H-pyrrole nitrogens is 1. The lowest BCUT2D eigenvalue weighted by atomic mass is 9.78. The molecular weight excluding hydrogens is 694 g/mol. The number of halogens is 3. The van der Waals surface area contributed by atoms with Gasteiger partial charge in [-0.3, -0.25) is 14.5 Å². The Morgan fingerprint density at radius 3 is 2.59 bits per heavy atom. The van der Waals surface area contributed by atoms with Crippen molar-refractivity contribution < 1.29 is 18.7 Å². The van der Waals surface area contributed by atoms with Gasteiger partial charge in [-0.05, 0) is 68.1 Å². The highest BCUT2D eigenvalue weighted by atomic mass is 35.5. The summed E-state index contributed by atoms with van der Waals surface area (Å²) >= 11 is 12.3. The second kappa shape index (κ2) is 14.4. The third kappa shape index (κ3) is 6.94. The molecule has 0 fully saturated rings. The molecule has 2 aliphatic rings. The Bertz CT molecular complexity index is 2140. The Labute approximate surface area is 304 Å². The van der Waals surface area contributed by atoms with Gasteiger partial charge in [0.1, 0.15) is 36.1 Å². The molecule has 2 aliphatic heterocycles. The van der Waals surface area contributed by atoms with Crippen LogP contribution in [-0.2, 0) is 17.4 Å². The summed E-state index contributed by atoms with van der Waals surface area (Å²) in [6.07, 6.45) is 5.09. The zero-order valence-electron chi connectivity index (χ0n) is 28.0. The number of anilines is 1. The smallest absolute Gasteiger partial charge is 0.250 e. The molecule has 0 aliphatic carbocycles. The number of hydrogen-bond acceptors (Lipinski definition) is 8. The van der Waals surface area contributed by atoms with Crippen LogP contribution in [-0.4, -0.2) is 62.5 Å². The standard InChI is InChI=1S/C37H35Cl2FN8O3/c1-37(19-41-2,36-46-27-16-25(38)26(39)17-28(27)47-36)51-13-7-5-4-6-12-50-23-10-8-21(9-11-23)33-32(35-43-20-44-48(35)3)34-31-24(30(49)18-42-34)14-22(40)15-29(31)45-33/h8-11,14-17,20,32-33,45H,4-7,12-13,18-19H2,1,3H3,(H,46,47)/t32-,33-,37+/m1/s1. The van der Waals surface area contributed by atoms with Crippen LogP contribution in [0.25, 0.3) is 15.9 Å². The second-order valence-electron chi connectivity index (χ2n) is 12.9. The number of Topliss-reactive ketones (excluding diaryl/α,β-unsaturated/α-hetero) is 1. The predicted octanol–water partition coefficient (Wildman–Crippen LogP) is 7.86. The average molecular weight is 730 g/mol. The van der Waals surface area contributed by atoms with Gasteiger partial charge in [-0.15, -0.1) is 0 Å². The number of fused-ring (bicyclic) bond motifs is 1. The predicted molar refractivity (Wildman–Crippen MR) is 194 cm³/mol. The lowest BCUT2D eigenvalue weighted by Crippen LogP contribution is -2.37. The van der Waals surface area contributed by atoms with Crippen molar-refractivity contribution in [1.82, 2.24) is 24.7 Å². The number of nitrogens with one attached hydrogen (secondary N) is 2. The van der Waals surface area contributed by atoms with E-state index in [1.807, 2.05) is 38.2 Å². The van der Waals surface area contributed by atoms with Gasteiger partial charge < -0.3 is 24.6 Å². The number of benzene rings is 3. The molecule has 0 bridgehead atoms. The van der Waals surface area contributed by atoms with Gasteiger partial charge in [0.2, 0.25) is 6.54 Å². The topological polar surface area (TPSA) is 124 Å². The van der Waals surface area contributed by atoms with Gasteiger partial charge in [0.15, 0.2) is 11.4 Å². The lowest BCUT2D eigenvalue weighted by Gasteiger charge is -2.37. The highest BCUT2D eigenvalue weighted by Gasteiger charge is 2.42. The minimum Gasteiger partial charge on any atom is -0.494 e. The average Bonchev–Trinajstić information content (AvgIpc) is 3.73. The first-order valence-corrected chi connectivity index (χ1v) is 17.5. The van der Waals surface area contributed by atoms with Crippen molar-refractivity contribution in [3.8, 4) is 5.75 Å². The molecule has 0 saturated heterocycles. The van der Waals surface area contributed by atoms with Crippen LogP contribution in [0, 0.1) is 12.4 Å². The molecule has 11 nitrogen and oxygen atoms in total. The van der Waals surface area contributed by atoms with Crippen molar-refractivity contribution in [3.05, 3.63) is 110 Å². The number of nitrogens with zero attached hydrogens (tertiary/aromatic N) is 6. The maximum Gasteiger partial charge on any atom is 0.250 e. The molecule has 14 heteroatoms. The molecule has 0 radical (unpaired) electrons. The minimum atomic E-state index is -0.887. The van der Waals surface area contributed by atoms with Gasteiger partial charge >= 0.3 is 0 Å². The summed E-state index contributed by atoms with van der Waals surface area (Å²) in [5.74, 6) is 0.962. The first kappa shape index (κ1) is 34.6. The lowest BCUT2D eigenvalue weighted by molar-refractivity contribution is -0.0312. The van der Waals surface area contributed by atoms with Gasteiger partial charge in [0, 0.05) is 30.5 Å².